The molecule has 2 bridgehead atoms. The first-order chi connectivity index (χ1) is 13.9. The summed E-state index contributed by atoms with van der Waals surface area (Å²) in [6.45, 7) is 4.53. The SMILES string of the molecule is CC12CCC(C)(CC(Oc3ccc(-c4ncc(-n5nccn5)cc4O)nn3)C1)N2.Cl.Cl. The van der Waals surface area contributed by atoms with Crippen molar-refractivity contribution in [3.8, 4) is 28.7 Å². The maximum absolute atomic E-state index is 10.4. The summed E-state index contributed by atoms with van der Waals surface area (Å²) in [4.78, 5) is 5.67. The first-order valence-electron chi connectivity index (χ1n) is 9.77. The van der Waals surface area contributed by atoms with Gasteiger partial charge in [-0.3, -0.25) is 0 Å². The molecule has 2 unspecified atom stereocenters. The Hall–Kier alpha value is -2.49. The number of piperidine rings is 1. The van der Waals surface area contributed by atoms with E-state index in [1.807, 2.05) is 0 Å². The number of nitrogens with one attached hydrogen (secondary N) is 1. The van der Waals surface area contributed by atoms with Gasteiger partial charge >= 0.3 is 0 Å². The second-order valence-electron chi connectivity index (χ2n) is 8.53. The standard InChI is InChI=1S/C20H23N7O2.2ClH/c1-19-5-6-20(2,26-19)11-14(10-19)29-17-4-3-15(24-25-17)18-16(28)9-13(12-21-18)27-22-7-8-23-27;;/h3-4,7-9,12,14,26,28H,5-6,10-11H2,1-2H3;2*1H. The largest absolute Gasteiger partial charge is 0.506 e. The first kappa shape index (κ1) is 23.2. The van der Waals surface area contributed by atoms with Crippen LogP contribution in [-0.4, -0.2) is 52.5 Å². The predicted octanol–water partition coefficient (Wildman–Crippen LogP) is 3.11. The Morgan fingerprint density at radius 1 is 1.06 bits per heavy atom. The Bertz CT molecular complexity index is 1020. The van der Waals surface area contributed by atoms with E-state index < -0.39 is 0 Å². The summed E-state index contributed by atoms with van der Waals surface area (Å²) in [6.07, 6.45) is 9.06. The molecule has 3 aromatic rings. The van der Waals surface area contributed by atoms with Gasteiger partial charge in [-0.25, -0.2) is 4.98 Å². The fourth-order valence-electron chi connectivity index (χ4n) is 4.65. The van der Waals surface area contributed by atoms with Crippen LogP contribution in [0.1, 0.15) is 39.5 Å². The number of ether oxygens (including phenoxy) is 1. The minimum absolute atomic E-state index is 0. The fourth-order valence-corrected chi connectivity index (χ4v) is 4.65. The topological polar surface area (TPSA) is 111 Å². The minimum Gasteiger partial charge on any atom is -0.506 e. The van der Waals surface area contributed by atoms with Gasteiger partial charge in [0.15, 0.2) is 0 Å². The zero-order chi connectivity index (χ0) is 20.1. The van der Waals surface area contributed by atoms with Gasteiger partial charge in [-0.15, -0.1) is 39.8 Å². The molecule has 0 radical (unpaired) electrons. The van der Waals surface area contributed by atoms with E-state index in [1.165, 1.54) is 17.6 Å². The molecule has 2 saturated heterocycles. The maximum Gasteiger partial charge on any atom is 0.233 e. The Morgan fingerprint density at radius 2 is 1.74 bits per heavy atom. The number of aromatic hydroxyl groups is 1. The Labute approximate surface area is 192 Å². The van der Waals surface area contributed by atoms with E-state index in [4.69, 9.17) is 4.74 Å². The normalized spacial score (nSPS) is 26.6. The molecule has 5 heterocycles. The molecule has 166 valence electrons. The Balaban J connectivity index is 0.00000136. The summed E-state index contributed by atoms with van der Waals surface area (Å²) in [5.74, 6) is 0.475. The third-order valence-electron chi connectivity index (χ3n) is 5.86. The van der Waals surface area contributed by atoms with Crippen LogP contribution < -0.4 is 10.1 Å². The Kier molecular flexibility index (Phi) is 6.40. The zero-order valence-corrected chi connectivity index (χ0v) is 18.9. The monoisotopic (exact) mass is 465 g/mol. The van der Waals surface area contributed by atoms with E-state index in [0.29, 0.717) is 23.0 Å². The number of aromatic nitrogens is 6. The molecule has 3 aromatic heterocycles. The molecule has 0 spiro atoms. The van der Waals surface area contributed by atoms with Crippen molar-refractivity contribution < 1.29 is 9.84 Å². The highest BCUT2D eigenvalue weighted by molar-refractivity contribution is 5.85. The quantitative estimate of drug-likeness (QED) is 0.604. The maximum atomic E-state index is 10.4. The van der Waals surface area contributed by atoms with Crippen molar-refractivity contribution in [2.24, 2.45) is 0 Å². The van der Waals surface area contributed by atoms with E-state index in [0.717, 1.165) is 12.8 Å². The van der Waals surface area contributed by atoms with Gasteiger partial charge in [0.25, 0.3) is 0 Å². The number of fused-ring (bicyclic) bond motifs is 2. The predicted molar refractivity (Wildman–Crippen MR) is 119 cm³/mol. The molecule has 9 nitrogen and oxygen atoms in total. The summed E-state index contributed by atoms with van der Waals surface area (Å²) in [5, 5.41) is 30.6. The van der Waals surface area contributed by atoms with Gasteiger partial charge in [-0.05, 0) is 32.8 Å². The molecule has 2 fully saturated rings. The molecular formula is C20H25Cl2N7O2. The van der Waals surface area contributed by atoms with Crippen LogP contribution in [-0.2, 0) is 0 Å². The lowest BCUT2D eigenvalue weighted by Gasteiger charge is -2.41. The average molecular weight is 466 g/mol. The van der Waals surface area contributed by atoms with Crippen molar-refractivity contribution >= 4 is 24.8 Å². The summed E-state index contributed by atoms with van der Waals surface area (Å²) >= 11 is 0. The number of halogens is 2. The summed E-state index contributed by atoms with van der Waals surface area (Å²) in [6, 6.07) is 5.08. The van der Waals surface area contributed by atoms with Gasteiger partial charge in [0.05, 0.1) is 18.6 Å². The molecule has 0 amide bonds. The van der Waals surface area contributed by atoms with E-state index in [2.05, 4.69) is 44.5 Å². The highest BCUT2D eigenvalue weighted by Gasteiger charge is 2.49. The van der Waals surface area contributed by atoms with Gasteiger partial charge in [0.2, 0.25) is 5.88 Å². The lowest BCUT2D eigenvalue weighted by molar-refractivity contribution is 0.0754. The molecular weight excluding hydrogens is 441 g/mol. The number of hydrogen-bond acceptors (Lipinski definition) is 8. The van der Waals surface area contributed by atoms with Crippen LogP contribution in [0.5, 0.6) is 11.6 Å². The van der Waals surface area contributed by atoms with Gasteiger partial charge in [-0.1, -0.05) is 0 Å². The number of hydrogen-bond donors (Lipinski definition) is 2. The zero-order valence-electron chi connectivity index (χ0n) is 17.2. The summed E-state index contributed by atoms with van der Waals surface area (Å²) in [5.41, 5.74) is 1.64. The van der Waals surface area contributed by atoms with E-state index in [-0.39, 0.29) is 47.7 Å². The van der Waals surface area contributed by atoms with E-state index >= 15 is 0 Å². The van der Waals surface area contributed by atoms with Crippen LogP contribution in [0.4, 0.5) is 0 Å². The van der Waals surface area contributed by atoms with Crippen LogP contribution in [0, 0.1) is 0 Å². The van der Waals surface area contributed by atoms with Gasteiger partial charge < -0.3 is 15.2 Å². The molecule has 2 N–H and O–H groups in total. The molecule has 11 heteroatoms. The van der Waals surface area contributed by atoms with Crippen molar-refractivity contribution in [2.75, 3.05) is 0 Å². The van der Waals surface area contributed by atoms with Crippen LogP contribution in [0.3, 0.4) is 0 Å². The van der Waals surface area contributed by atoms with E-state index in [9.17, 15) is 5.11 Å². The first-order valence-corrected chi connectivity index (χ1v) is 9.77. The molecule has 0 saturated carbocycles. The van der Waals surface area contributed by atoms with Crippen molar-refractivity contribution in [3.63, 3.8) is 0 Å². The molecule has 0 aromatic carbocycles. The van der Waals surface area contributed by atoms with Crippen LogP contribution in [0.25, 0.3) is 17.1 Å². The summed E-state index contributed by atoms with van der Waals surface area (Å²) < 4.78 is 6.14. The average Bonchev–Trinajstić information content (AvgIpc) is 3.28. The molecule has 0 aliphatic carbocycles. The van der Waals surface area contributed by atoms with Crippen molar-refractivity contribution in [3.05, 3.63) is 36.8 Å². The van der Waals surface area contributed by atoms with E-state index in [1.54, 1.807) is 36.8 Å². The highest BCUT2D eigenvalue weighted by atomic mass is 35.5. The molecule has 2 aliphatic heterocycles. The molecule has 31 heavy (non-hydrogen) atoms. The van der Waals surface area contributed by atoms with Crippen molar-refractivity contribution in [1.29, 1.82) is 0 Å². The smallest absolute Gasteiger partial charge is 0.233 e. The lowest BCUT2D eigenvalue weighted by atomic mass is 9.86. The number of pyridine rings is 1. The van der Waals surface area contributed by atoms with Crippen LogP contribution >= 0.6 is 24.8 Å². The Morgan fingerprint density at radius 3 is 2.32 bits per heavy atom. The third-order valence-corrected chi connectivity index (χ3v) is 5.86. The third kappa shape index (κ3) is 4.58. The van der Waals surface area contributed by atoms with Gasteiger partial charge in [0, 0.05) is 36.1 Å². The van der Waals surface area contributed by atoms with Gasteiger partial charge in [0.1, 0.15) is 28.9 Å². The number of rotatable bonds is 4. The molecule has 2 atom stereocenters. The lowest BCUT2D eigenvalue weighted by Crippen LogP contribution is -2.56. The highest BCUT2D eigenvalue weighted by Crippen LogP contribution is 2.43. The van der Waals surface area contributed by atoms with Crippen molar-refractivity contribution in [1.82, 2.24) is 35.5 Å². The second kappa shape index (κ2) is 8.57. The van der Waals surface area contributed by atoms with Crippen molar-refractivity contribution in [2.45, 2.75) is 56.7 Å². The van der Waals surface area contributed by atoms with Gasteiger partial charge in [-0.2, -0.15) is 10.2 Å². The summed E-state index contributed by atoms with van der Waals surface area (Å²) in [7, 11) is 0. The minimum atomic E-state index is -0.0152. The number of nitrogens with zero attached hydrogens (tertiary/aromatic N) is 6. The molecule has 2 aliphatic rings. The fraction of sp³-hybridized carbons (Fsp3) is 0.450. The van der Waals surface area contributed by atoms with Crippen LogP contribution in [0.15, 0.2) is 36.8 Å². The molecule has 5 rings (SSSR count). The van der Waals surface area contributed by atoms with Crippen LogP contribution in [0.2, 0.25) is 0 Å². The second-order valence-corrected chi connectivity index (χ2v) is 8.53.